The Hall–Kier alpha value is -1.47. The smallest absolute Gasteiger partial charge is 0.356 e. The van der Waals surface area contributed by atoms with E-state index in [9.17, 15) is 4.79 Å². The molecule has 6 heteroatoms. The Morgan fingerprint density at radius 2 is 1.95 bits per heavy atom. The highest BCUT2D eigenvalue weighted by Crippen LogP contribution is 2.03. The maximum Gasteiger partial charge on any atom is 0.356 e. The molecular formula is C14H22N2O4. The molecule has 1 atom stereocenters. The summed E-state index contributed by atoms with van der Waals surface area (Å²) in [5, 5.41) is 20.9. The maximum atomic E-state index is 11.6. The maximum absolute atomic E-state index is 11.6. The van der Waals surface area contributed by atoms with Gasteiger partial charge in [0.05, 0.1) is 11.6 Å². The first-order chi connectivity index (χ1) is 9.65. The second-order valence-corrected chi connectivity index (χ2v) is 4.45. The lowest BCUT2D eigenvalue weighted by Crippen LogP contribution is -2.37. The molecule has 1 unspecified atom stereocenters. The van der Waals surface area contributed by atoms with Gasteiger partial charge in [-0.1, -0.05) is 24.6 Å². The number of aliphatic hydroxyl groups excluding tert-OH is 1. The Morgan fingerprint density at radius 3 is 2.55 bits per heavy atom. The molecule has 0 saturated heterocycles. The molecule has 0 bridgehead atoms. The van der Waals surface area contributed by atoms with Crippen molar-refractivity contribution in [1.29, 1.82) is 0 Å². The number of carbonyl (C=O) groups is 1. The fourth-order valence-electron chi connectivity index (χ4n) is 1.75. The van der Waals surface area contributed by atoms with Gasteiger partial charge < -0.3 is 20.4 Å². The molecule has 112 valence electrons. The van der Waals surface area contributed by atoms with Crippen LogP contribution in [0.4, 0.5) is 0 Å². The lowest BCUT2D eigenvalue weighted by molar-refractivity contribution is -0.0674. The SMILES string of the molecule is CNC(CCCCNOC(=O)c1ccccc1)C(O)O. The van der Waals surface area contributed by atoms with E-state index in [4.69, 9.17) is 15.1 Å². The van der Waals surface area contributed by atoms with E-state index in [2.05, 4.69) is 10.8 Å². The van der Waals surface area contributed by atoms with Crippen LogP contribution in [-0.2, 0) is 4.84 Å². The summed E-state index contributed by atoms with van der Waals surface area (Å²) in [4.78, 5) is 16.5. The predicted octanol–water partition coefficient (Wildman–Crippen LogP) is 0.417. The Kier molecular flexibility index (Phi) is 7.82. The van der Waals surface area contributed by atoms with E-state index in [1.807, 2.05) is 6.07 Å². The van der Waals surface area contributed by atoms with Crippen molar-refractivity contribution in [3.63, 3.8) is 0 Å². The number of nitrogens with one attached hydrogen (secondary N) is 2. The molecule has 0 heterocycles. The summed E-state index contributed by atoms with van der Waals surface area (Å²) >= 11 is 0. The van der Waals surface area contributed by atoms with Crippen molar-refractivity contribution in [2.45, 2.75) is 31.6 Å². The summed E-state index contributed by atoms with van der Waals surface area (Å²) in [7, 11) is 1.68. The third-order valence-corrected chi connectivity index (χ3v) is 2.95. The van der Waals surface area contributed by atoms with Crippen molar-refractivity contribution in [2.75, 3.05) is 13.6 Å². The molecule has 20 heavy (non-hydrogen) atoms. The van der Waals surface area contributed by atoms with Gasteiger partial charge in [-0.25, -0.2) is 4.79 Å². The van der Waals surface area contributed by atoms with E-state index < -0.39 is 12.3 Å². The quantitative estimate of drug-likeness (QED) is 0.298. The molecule has 0 fully saturated rings. The van der Waals surface area contributed by atoms with E-state index in [1.54, 1.807) is 31.3 Å². The fourth-order valence-corrected chi connectivity index (χ4v) is 1.75. The number of carbonyl (C=O) groups excluding carboxylic acids is 1. The van der Waals surface area contributed by atoms with Crippen LogP contribution in [0.5, 0.6) is 0 Å². The van der Waals surface area contributed by atoms with Crippen molar-refractivity contribution in [2.24, 2.45) is 0 Å². The van der Waals surface area contributed by atoms with Crippen LogP contribution < -0.4 is 10.8 Å². The molecule has 1 rings (SSSR count). The predicted molar refractivity (Wildman–Crippen MR) is 74.8 cm³/mol. The molecule has 1 aromatic rings. The molecule has 0 aliphatic rings. The first-order valence-electron chi connectivity index (χ1n) is 6.67. The van der Waals surface area contributed by atoms with Gasteiger partial charge in [0, 0.05) is 6.54 Å². The van der Waals surface area contributed by atoms with Crippen molar-refractivity contribution in [3.05, 3.63) is 35.9 Å². The third kappa shape index (κ3) is 6.12. The highest BCUT2D eigenvalue weighted by molar-refractivity contribution is 5.89. The molecule has 0 aliphatic heterocycles. The number of likely N-dealkylation sites (N-methyl/N-ethyl adjacent to an activating group) is 1. The minimum Gasteiger partial charge on any atom is -0.367 e. The summed E-state index contributed by atoms with van der Waals surface area (Å²) in [6.45, 7) is 0.524. The minimum absolute atomic E-state index is 0.332. The van der Waals surface area contributed by atoms with Gasteiger partial charge in [0.15, 0.2) is 6.29 Å². The number of benzene rings is 1. The fraction of sp³-hybridized carbons (Fsp3) is 0.500. The molecule has 6 nitrogen and oxygen atoms in total. The molecule has 0 radical (unpaired) electrons. The van der Waals surface area contributed by atoms with Gasteiger partial charge in [-0.15, -0.1) is 0 Å². The monoisotopic (exact) mass is 282 g/mol. The average molecular weight is 282 g/mol. The highest BCUT2D eigenvalue weighted by Gasteiger charge is 2.13. The van der Waals surface area contributed by atoms with Crippen molar-refractivity contribution in [3.8, 4) is 0 Å². The van der Waals surface area contributed by atoms with E-state index in [1.165, 1.54) is 0 Å². The summed E-state index contributed by atoms with van der Waals surface area (Å²) in [5.41, 5.74) is 3.11. The number of aliphatic hydroxyl groups is 2. The van der Waals surface area contributed by atoms with Crippen LogP contribution in [0.2, 0.25) is 0 Å². The van der Waals surface area contributed by atoms with Crippen LogP contribution in [0.25, 0.3) is 0 Å². The number of hydrogen-bond donors (Lipinski definition) is 4. The number of rotatable bonds is 9. The minimum atomic E-state index is -1.36. The van der Waals surface area contributed by atoms with Crippen LogP contribution >= 0.6 is 0 Å². The Labute approximate surface area is 118 Å². The van der Waals surface area contributed by atoms with Gasteiger partial charge >= 0.3 is 5.97 Å². The van der Waals surface area contributed by atoms with Crippen molar-refractivity contribution >= 4 is 5.97 Å². The second kappa shape index (κ2) is 9.44. The Morgan fingerprint density at radius 1 is 1.25 bits per heavy atom. The van der Waals surface area contributed by atoms with E-state index in [0.29, 0.717) is 18.5 Å². The lowest BCUT2D eigenvalue weighted by Gasteiger charge is -2.17. The Bertz CT molecular complexity index is 384. The van der Waals surface area contributed by atoms with Gasteiger partial charge in [-0.05, 0) is 32.0 Å². The van der Waals surface area contributed by atoms with Crippen LogP contribution in [-0.4, -0.2) is 42.1 Å². The zero-order valence-electron chi connectivity index (χ0n) is 11.6. The third-order valence-electron chi connectivity index (χ3n) is 2.95. The van der Waals surface area contributed by atoms with Gasteiger partial charge in [-0.2, -0.15) is 5.48 Å². The summed E-state index contributed by atoms with van der Waals surface area (Å²) in [6, 6.07) is 8.41. The second-order valence-electron chi connectivity index (χ2n) is 4.45. The Balaban J connectivity index is 2.09. The summed E-state index contributed by atoms with van der Waals surface area (Å²) < 4.78 is 0. The zero-order valence-corrected chi connectivity index (χ0v) is 11.6. The molecule has 0 amide bonds. The van der Waals surface area contributed by atoms with E-state index >= 15 is 0 Å². The van der Waals surface area contributed by atoms with Crippen molar-refractivity contribution in [1.82, 2.24) is 10.8 Å². The van der Waals surface area contributed by atoms with E-state index in [0.717, 1.165) is 12.8 Å². The largest absolute Gasteiger partial charge is 0.367 e. The molecular weight excluding hydrogens is 260 g/mol. The normalized spacial score (nSPS) is 12.4. The first-order valence-corrected chi connectivity index (χ1v) is 6.67. The molecule has 0 saturated carbocycles. The lowest BCUT2D eigenvalue weighted by atomic mass is 10.1. The summed E-state index contributed by atoms with van der Waals surface area (Å²) in [6.07, 6.45) is 0.845. The number of hydrogen-bond acceptors (Lipinski definition) is 6. The average Bonchev–Trinajstić information content (AvgIpc) is 2.46. The van der Waals surface area contributed by atoms with Gasteiger partial charge in [0.25, 0.3) is 0 Å². The zero-order chi connectivity index (χ0) is 14.8. The van der Waals surface area contributed by atoms with E-state index in [-0.39, 0.29) is 6.04 Å². The topological polar surface area (TPSA) is 90.8 Å². The first kappa shape index (κ1) is 16.6. The molecule has 0 spiro atoms. The van der Waals surface area contributed by atoms with Crippen LogP contribution in [0.15, 0.2) is 30.3 Å². The van der Waals surface area contributed by atoms with Crippen LogP contribution in [0.1, 0.15) is 29.6 Å². The highest BCUT2D eigenvalue weighted by atomic mass is 16.7. The molecule has 0 aliphatic carbocycles. The standard InChI is InChI=1S/C14H22N2O4/c1-15-12(13(17)18)9-5-6-10-16-20-14(19)11-7-3-2-4-8-11/h2-4,7-8,12-13,15-18H,5-6,9-10H2,1H3. The van der Waals surface area contributed by atoms with Crippen LogP contribution in [0.3, 0.4) is 0 Å². The number of unbranched alkanes of at least 4 members (excludes halogenated alkanes) is 1. The molecule has 4 N–H and O–H groups in total. The van der Waals surface area contributed by atoms with Crippen LogP contribution in [0, 0.1) is 0 Å². The van der Waals surface area contributed by atoms with Gasteiger partial charge in [0.1, 0.15) is 0 Å². The summed E-state index contributed by atoms with van der Waals surface area (Å²) in [5.74, 6) is -0.413. The molecule has 1 aromatic carbocycles. The van der Waals surface area contributed by atoms with Gasteiger partial charge in [-0.3, -0.25) is 0 Å². The molecule has 0 aromatic heterocycles. The van der Waals surface area contributed by atoms with Crippen molar-refractivity contribution < 1.29 is 19.8 Å². The number of hydroxylamine groups is 1. The van der Waals surface area contributed by atoms with Gasteiger partial charge in [0.2, 0.25) is 0 Å².